The van der Waals surface area contributed by atoms with E-state index in [2.05, 4.69) is 121 Å². The van der Waals surface area contributed by atoms with Gasteiger partial charge in [-0.2, -0.15) is 0 Å². The zero-order valence-electron chi connectivity index (χ0n) is 35.5. The van der Waals surface area contributed by atoms with Gasteiger partial charge in [-0.15, -0.1) is 45.3 Å². The van der Waals surface area contributed by atoms with Crippen molar-refractivity contribution in [2.45, 2.75) is 66.2 Å². The van der Waals surface area contributed by atoms with Gasteiger partial charge in [0.05, 0.1) is 48.0 Å². The van der Waals surface area contributed by atoms with E-state index in [4.69, 9.17) is 19.4 Å². The number of rotatable bonds is 12. The molecule has 0 radical (unpaired) electrons. The Morgan fingerprint density at radius 1 is 0.548 bits per heavy atom. The number of fused-ring (bicyclic) bond motifs is 8. The summed E-state index contributed by atoms with van der Waals surface area (Å²) in [6.07, 6.45) is 3.11. The molecule has 0 aliphatic carbocycles. The van der Waals surface area contributed by atoms with E-state index in [9.17, 15) is 9.59 Å². The van der Waals surface area contributed by atoms with Crippen molar-refractivity contribution in [3.63, 3.8) is 0 Å². The summed E-state index contributed by atoms with van der Waals surface area (Å²) >= 11 is 7.05. The lowest BCUT2D eigenvalue weighted by molar-refractivity contribution is -0.141. The number of hydrogen-bond donors (Lipinski definition) is 2. The van der Waals surface area contributed by atoms with Crippen LogP contribution in [0.4, 0.5) is 0 Å². The minimum absolute atomic E-state index is 0.245. The number of aromatic amines is 2. The molecule has 314 valence electrons. The molecule has 12 heteroatoms. The Labute approximate surface area is 376 Å². The maximum atomic E-state index is 12.6. The number of H-pyrrole nitrogens is 2. The Hall–Kier alpha value is -5.66. The zero-order chi connectivity index (χ0) is 43.1. The molecule has 0 unspecified atom stereocenters. The first-order valence-electron chi connectivity index (χ1n) is 20.8. The highest BCUT2D eigenvalue weighted by molar-refractivity contribution is 7.24. The monoisotopic (exact) mass is 894 g/mol. The molecule has 2 aliphatic rings. The molecule has 0 amide bonds. The van der Waals surface area contributed by atoms with Gasteiger partial charge in [0, 0.05) is 64.3 Å². The van der Waals surface area contributed by atoms with Crippen LogP contribution in [0.3, 0.4) is 0 Å². The minimum atomic E-state index is -0.256. The van der Waals surface area contributed by atoms with Gasteiger partial charge in [0.25, 0.3) is 0 Å². The number of hydrogen-bond acceptors (Lipinski definition) is 10. The molecular formula is C50H46N4O4S4. The van der Waals surface area contributed by atoms with Crippen LogP contribution in [0.25, 0.3) is 84.7 Å². The first-order valence-corrected chi connectivity index (χ1v) is 24.2. The van der Waals surface area contributed by atoms with Crippen LogP contribution >= 0.6 is 45.3 Å². The van der Waals surface area contributed by atoms with Crippen molar-refractivity contribution in [3.8, 4) is 40.4 Å². The van der Waals surface area contributed by atoms with Crippen molar-refractivity contribution < 1.29 is 19.1 Å². The predicted octanol–water partition coefficient (Wildman–Crippen LogP) is 14.1. The predicted molar refractivity (Wildman–Crippen MR) is 260 cm³/mol. The van der Waals surface area contributed by atoms with Gasteiger partial charge in [-0.1, -0.05) is 26.0 Å². The number of ether oxygens (including phenoxy) is 2. The summed E-state index contributed by atoms with van der Waals surface area (Å²) in [7, 11) is 2.87. The SMILES string of the molecule is CCc1c(CC)c2cc3nc(cc4[nH]c(cc5nc(cc1[nH]2)C(CCC(=O)OC)=C5C)c(-c1ccc(-c2cccs2)s1)c4-c1ccc(-c2cccs2)s1)C(C)=C3CCC(=O)OC. The fraction of sp³-hybridized carbons (Fsp3) is 0.240. The fourth-order valence-electron chi connectivity index (χ4n) is 8.60. The summed E-state index contributed by atoms with van der Waals surface area (Å²) in [4.78, 5) is 50.8. The third-order valence-corrected chi connectivity index (χ3v) is 16.1. The molecule has 8 bridgehead atoms. The standard InChI is InChI=1S/C50H46N4O4S4/c1-7-29-30(8-2)36-26-38-32(14-20-48(56)58-6)28(4)34(52-38)24-40-50(46-18-16-44(62-46)42-12-10-22-60-42)49(45-17-15-43(61-45)41-11-9-21-59-41)39(54-40)23-33-27(3)31(13-19-47(55)57-5)37(51-33)25-35(29)53-36/h9-12,15-18,21-26,53-54H,7-8,13-14,19-20H2,1-6H3. The van der Waals surface area contributed by atoms with Gasteiger partial charge in [0.1, 0.15) is 0 Å². The second-order valence-electron chi connectivity index (χ2n) is 15.3. The second-order valence-corrected chi connectivity index (χ2v) is 19.4. The van der Waals surface area contributed by atoms with Crippen LogP contribution in [0.1, 0.15) is 87.3 Å². The molecule has 0 atom stereocenters. The van der Waals surface area contributed by atoms with E-state index in [1.807, 2.05) is 0 Å². The average molecular weight is 895 g/mol. The Bertz CT molecular complexity index is 2880. The molecule has 2 N–H and O–H groups in total. The first-order chi connectivity index (χ1) is 30.2. The van der Waals surface area contributed by atoms with Crippen LogP contribution in [0.15, 0.2) is 83.6 Å². The molecule has 8 nitrogen and oxygen atoms in total. The molecule has 7 aromatic rings. The van der Waals surface area contributed by atoms with Gasteiger partial charge in [-0.25, -0.2) is 9.97 Å². The second kappa shape index (κ2) is 17.6. The Kier molecular flexibility index (Phi) is 11.8. The van der Waals surface area contributed by atoms with Crippen molar-refractivity contribution in [2.24, 2.45) is 0 Å². The topological polar surface area (TPSA) is 110 Å². The summed E-state index contributed by atoms with van der Waals surface area (Å²) in [6.45, 7) is 8.58. The van der Waals surface area contributed by atoms with Crippen LogP contribution in [-0.4, -0.2) is 46.1 Å². The highest BCUT2D eigenvalue weighted by Gasteiger charge is 2.25. The van der Waals surface area contributed by atoms with Gasteiger partial charge in [0.15, 0.2) is 0 Å². The molecule has 9 rings (SSSR count). The summed E-state index contributed by atoms with van der Waals surface area (Å²) in [5.74, 6) is -0.513. The lowest BCUT2D eigenvalue weighted by atomic mass is 9.99. The zero-order valence-corrected chi connectivity index (χ0v) is 38.8. The van der Waals surface area contributed by atoms with E-state index >= 15 is 0 Å². The average Bonchev–Trinajstić information content (AvgIpc) is 4.13. The number of esters is 2. The molecule has 0 saturated carbocycles. The molecule has 9 heterocycles. The number of methoxy groups -OCH3 is 2. The number of nitrogens with one attached hydrogen (secondary N) is 2. The Morgan fingerprint density at radius 3 is 1.34 bits per heavy atom. The smallest absolute Gasteiger partial charge is 0.305 e. The van der Waals surface area contributed by atoms with Gasteiger partial charge in [0.2, 0.25) is 0 Å². The number of aromatic nitrogens is 4. The molecular weight excluding hydrogens is 849 g/mol. The van der Waals surface area contributed by atoms with Crippen molar-refractivity contribution in [1.82, 2.24) is 19.9 Å². The summed E-state index contributed by atoms with van der Waals surface area (Å²) in [6, 6.07) is 26.1. The highest BCUT2D eigenvalue weighted by Crippen LogP contribution is 2.49. The number of aryl methyl sites for hydroxylation is 2. The van der Waals surface area contributed by atoms with Crippen LogP contribution < -0.4 is 0 Å². The van der Waals surface area contributed by atoms with E-state index in [1.54, 1.807) is 45.3 Å². The van der Waals surface area contributed by atoms with Gasteiger partial charge in [-0.3, -0.25) is 9.59 Å². The Balaban J connectivity index is 1.41. The molecule has 62 heavy (non-hydrogen) atoms. The third-order valence-electron chi connectivity index (χ3n) is 11.8. The van der Waals surface area contributed by atoms with Gasteiger partial charge >= 0.3 is 11.9 Å². The number of carbonyl (C=O) groups excluding carboxylic acids is 2. The molecule has 0 saturated heterocycles. The van der Waals surface area contributed by atoms with Crippen molar-refractivity contribution in [1.29, 1.82) is 0 Å². The van der Waals surface area contributed by atoms with Crippen LogP contribution in [0, 0.1) is 0 Å². The first kappa shape index (κ1) is 41.7. The van der Waals surface area contributed by atoms with E-state index in [-0.39, 0.29) is 24.8 Å². The molecule has 0 fully saturated rings. The fourth-order valence-corrected chi connectivity index (χ4v) is 12.4. The van der Waals surface area contributed by atoms with Crippen LogP contribution in [0.5, 0.6) is 0 Å². The third kappa shape index (κ3) is 7.85. The quantitative estimate of drug-likeness (QED) is 0.118. The maximum Gasteiger partial charge on any atom is 0.305 e. The molecule has 2 aliphatic heterocycles. The maximum absolute atomic E-state index is 12.6. The Morgan fingerprint density at radius 2 is 0.952 bits per heavy atom. The van der Waals surface area contributed by atoms with E-state index in [0.29, 0.717) is 12.8 Å². The van der Waals surface area contributed by atoms with E-state index in [1.165, 1.54) is 44.9 Å². The normalized spacial score (nSPS) is 12.7. The van der Waals surface area contributed by atoms with Crippen molar-refractivity contribution in [2.75, 3.05) is 14.2 Å². The lowest BCUT2D eigenvalue weighted by Crippen LogP contribution is -2.00. The number of thiophene rings is 4. The number of carbonyl (C=O) groups is 2. The minimum Gasteiger partial charge on any atom is -0.469 e. The van der Waals surface area contributed by atoms with Crippen molar-refractivity contribution >= 4 is 102 Å². The summed E-state index contributed by atoms with van der Waals surface area (Å²) < 4.78 is 10.2. The largest absolute Gasteiger partial charge is 0.469 e. The molecule has 0 spiro atoms. The van der Waals surface area contributed by atoms with Gasteiger partial charge in [-0.05, 0) is 144 Å². The van der Waals surface area contributed by atoms with Crippen molar-refractivity contribution in [3.05, 3.63) is 117 Å². The van der Waals surface area contributed by atoms with E-state index in [0.717, 1.165) is 101 Å². The van der Waals surface area contributed by atoms with Crippen LogP contribution in [-0.2, 0) is 31.9 Å². The summed E-state index contributed by atoms with van der Waals surface area (Å²) in [5, 5.41) is 4.24. The number of nitrogens with zero attached hydrogens (tertiary/aromatic N) is 2. The molecule has 0 aromatic carbocycles. The van der Waals surface area contributed by atoms with Gasteiger partial charge < -0.3 is 19.4 Å². The summed E-state index contributed by atoms with van der Waals surface area (Å²) in [5.41, 5.74) is 15.9. The number of allylic oxidation sites excluding steroid dienone is 4. The molecule has 7 aromatic heterocycles. The lowest BCUT2D eigenvalue weighted by Gasteiger charge is -2.05. The van der Waals surface area contributed by atoms with Crippen LogP contribution in [0.2, 0.25) is 0 Å². The van der Waals surface area contributed by atoms with E-state index < -0.39 is 0 Å². The highest BCUT2D eigenvalue weighted by atomic mass is 32.1.